The Morgan fingerprint density at radius 2 is 2.04 bits per heavy atom. The number of hydrogen-bond donors (Lipinski definition) is 0. The van der Waals surface area contributed by atoms with Crippen LogP contribution < -0.4 is 0 Å². The summed E-state index contributed by atoms with van der Waals surface area (Å²) in [5.41, 5.74) is 2.33. The van der Waals surface area contributed by atoms with E-state index in [9.17, 15) is 0 Å². The molecule has 4 rings (SSSR count). The third-order valence-electron chi connectivity index (χ3n) is 4.91. The zero-order valence-corrected chi connectivity index (χ0v) is 16.2. The molecule has 0 N–H and O–H groups in total. The van der Waals surface area contributed by atoms with E-state index in [-0.39, 0.29) is 0 Å². The predicted octanol–water partition coefficient (Wildman–Crippen LogP) is 4.88. The average molecular weight is 371 g/mol. The molecule has 0 spiro atoms. The van der Waals surface area contributed by atoms with Crippen molar-refractivity contribution in [3.63, 3.8) is 0 Å². The minimum Gasteiger partial charge on any atom is -0.276 e. The van der Waals surface area contributed by atoms with E-state index in [0.717, 1.165) is 29.5 Å². The van der Waals surface area contributed by atoms with Gasteiger partial charge >= 0.3 is 0 Å². The number of rotatable bonds is 4. The Hall–Kier alpha value is -1.76. The first-order valence-electron chi connectivity index (χ1n) is 8.65. The lowest BCUT2D eigenvalue weighted by atomic mass is 10.2. The van der Waals surface area contributed by atoms with Gasteiger partial charge in [0.1, 0.15) is 5.82 Å². The van der Waals surface area contributed by atoms with Crippen molar-refractivity contribution in [2.24, 2.45) is 0 Å². The summed E-state index contributed by atoms with van der Waals surface area (Å²) in [5.74, 6) is 0.936. The fourth-order valence-corrected chi connectivity index (χ4v) is 4.89. The molecule has 1 fully saturated rings. The maximum atomic E-state index is 5.77. The predicted molar refractivity (Wildman–Crippen MR) is 105 cm³/mol. The molecule has 2 aromatic heterocycles. The number of para-hydroxylation sites is 1. The first-order valence-corrected chi connectivity index (χ1v) is 9.94. The molecule has 25 heavy (non-hydrogen) atoms. The quantitative estimate of drug-likeness (QED) is 0.613. The van der Waals surface area contributed by atoms with Crippen molar-refractivity contribution >= 4 is 23.6 Å². The normalized spacial score (nSPS) is 18.1. The molecule has 4 nitrogen and oxygen atoms in total. The number of aromatic nitrogens is 3. The van der Waals surface area contributed by atoms with E-state index in [0.29, 0.717) is 6.04 Å². The van der Waals surface area contributed by atoms with Gasteiger partial charge in [-0.1, -0.05) is 24.3 Å². The SMILES string of the molecule is Cc1ccccc1-n1c(C)nn(CN2CCC[C@@H]2c2cccs2)c1=S. The monoisotopic (exact) mass is 370 g/mol. The molecule has 3 aromatic rings. The molecule has 130 valence electrons. The van der Waals surface area contributed by atoms with E-state index in [1.807, 2.05) is 29.0 Å². The molecule has 0 aliphatic carbocycles. The van der Waals surface area contributed by atoms with Gasteiger partial charge in [0.05, 0.1) is 12.4 Å². The van der Waals surface area contributed by atoms with Gasteiger partial charge in [0.2, 0.25) is 4.77 Å². The minimum absolute atomic E-state index is 0.491. The molecular formula is C19H22N4S2. The Bertz CT molecular complexity index is 923. The molecule has 1 saturated heterocycles. The molecule has 0 saturated carbocycles. The van der Waals surface area contributed by atoms with Crippen molar-refractivity contribution in [1.29, 1.82) is 0 Å². The minimum atomic E-state index is 0.491. The standard InChI is InChI=1S/C19H22N4S2/c1-14-7-3-4-8-16(14)23-15(2)20-22(19(23)24)13-21-11-5-9-17(21)18-10-6-12-25-18/h3-4,6-8,10,12,17H,5,9,11,13H2,1-2H3/t17-/m1/s1. The van der Waals surface area contributed by atoms with Gasteiger partial charge in [-0.2, -0.15) is 5.10 Å². The second-order valence-corrected chi connectivity index (χ2v) is 7.92. The highest BCUT2D eigenvalue weighted by Gasteiger charge is 2.27. The van der Waals surface area contributed by atoms with Gasteiger partial charge in [-0.25, -0.2) is 4.68 Å². The van der Waals surface area contributed by atoms with Crippen LogP contribution in [-0.2, 0) is 6.67 Å². The maximum absolute atomic E-state index is 5.77. The zero-order chi connectivity index (χ0) is 17.4. The van der Waals surface area contributed by atoms with E-state index >= 15 is 0 Å². The van der Waals surface area contributed by atoms with Gasteiger partial charge in [0.25, 0.3) is 0 Å². The van der Waals surface area contributed by atoms with Gasteiger partial charge in [-0.3, -0.25) is 9.47 Å². The molecule has 1 atom stereocenters. The van der Waals surface area contributed by atoms with Crippen molar-refractivity contribution in [3.05, 3.63) is 62.8 Å². The third kappa shape index (κ3) is 3.10. The van der Waals surface area contributed by atoms with Gasteiger partial charge < -0.3 is 0 Å². The molecule has 3 heterocycles. The van der Waals surface area contributed by atoms with Crippen LogP contribution in [0.5, 0.6) is 0 Å². The van der Waals surface area contributed by atoms with Crippen LogP contribution in [0.4, 0.5) is 0 Å². The molecule has 0 radical (unpaired) electrons. The lowest BCUT2D eigenvalue weighted by Crippen LogP contribution is -2.26. The van der Waals surface area contributed by atoms with E-state index < -0.39 is 0 Å². The molecule has 0 unspecified atom stereocenters. The van der Waals surface area contributed by atoms with Crippen molar-refractivity contribution in [2.75, 3.05) is 6.54 Å². The molecule has 1 aliphatic heterocycles. The topological polar surface area (TPSA) is 26.0 Å². The molecule has 1 aromatic carbocycles. The number of aryl methyl sites for hydroxylation is 2. The van der Waals surface area contributed by atoms with Crippen LogP contribution in [0, 0.1) is 18.6 Å². The van der Waals surface area contributed by atoms with E-state index in [1.54, 1.807) is 0 Å². The highest BCUT2D eigenvalue weighted by molar-refractivity contribution is 7.71. The van der Waals surface area contributed by atoms with Crippen LogP contribution in [-0.4, -0.2) is 25.8 Å². The van der Waals surface area contributed by atoms with Gasteiger partial charge in [0, 0.05) is 17.5 Å². The Labute approximate surface area is 157 Å². The van der Waals surface area contributed by atoms with Gasteiger partial charge in [0.15, 0.2) is 0 Å². The molecule has 0 amide bonds. The van der Waals surface area contributed by atoms with E-state index in [1.165, 1.54) is 23.3 Å². The van der Waals surface area contributed by atoms with Gasteiger partial charge in [-0.15, -0.1) is 11.3 Å². The lowest BCUT2D eigenvalue weighted by molar-refractivity contribution is 0.192. The van der Waals surface area contributed by atoms with Crippen LogP contribution in [0.15, 0.2) is 41.8 Å². The molecule has 0 bridgehead atoms. The Morgan fingerprint density at radius 1 is 1.20 bits per heavy atom. The Morgan fingerprint density at radius 3 is 2.80 bits per heavy atom. The maximum Gasteiger partial charge on any atom is 0.203 e. The lowest BCUT2D eigenvalue weighted by Gasteiger charge is -2.23. The second-order valence-electron chi connectivity index (χ2n) is 6.58. The van der Waals surface area contributed by atoms with Crippen LogP contribution >= 0.6 is 23.6 Å². The van der Waals surface area contributed by atoms with Crippen molar-refractivity contribution < 1.29 is 0 Å². The summed E-state index contributed by atoms with van der Waals surface area (Å²) in [6.07, 6.45) is 2.44. The number of likely N-dealkylation sites (tertiary alicyclic amines) is 1. The summed E-state index contributed by atoms with van der Waals surface area (Å²) >= 11 is 7.61. The first-order chi connectivity index (χ1) is 12.1. The van der Waals surface area contributed by atoms with E-state index in [4.69, 9.17) is 17.3 Å². The van der Waals surface area contributed by atoms with E-state index in [2.05, 4.69) is 52.1 Å². The number of benzene rings is 1. The first kappa shape index (κ1) is 16.7. The summed E-state index contributed by atoms with van der Waals surface area (Å²) < 4.78 is 4.83. The highest BCUT2D eigenvalue weighted by atomic mass is 32.1. The number of thiophene rings is 1. The van der Waals surface area contributed by atoms with Crippen LogP contribution in [0.2, 0.25) is 0 Å². The van der Waals surface area contributed by atoms with Crippen LogP contribution in [0.3, 0.4) is 0 Å². The smallest absolute Gasteiger partial charge is 0.203 e. The van der Waals surface area contributed by atoms with Crippen molar-refractivity contribution in [2.45, 2.75) is 39.4 Å². The van der Waals surface area contributed by atoms with Crippen molar-refractivity contribution in [1.82, 2.24) is 19.2 Å². The zero-order valence-electron chi connectivity index (χ0n) is 14.6. The summed E-state index contributed by atoms with van der Waals surface area (Å²) in [5, 5.41) is 6.91. The summed E-state index contributed by atoms with van der Waals surface area (Å²) in [4.78, 5) is 3.94. The fourth-order valence-electron chi connectivity index (χ4n) is 3.67. The third-order valence-corrected chi connectivity index (χ3v) is 6.28. The molecule has 1 aliphatic rings. The summed E-state index contributed by atoms with van der Waals surface area (Å²) in [7, 11) is 0. The Kier molecular flexibility index (Phi) is 4.58. The number of hydrogen-bond acceptors (Lipinski definition) is 4. The summed E-state index contributed by atoms with van der Waals surface area (Å²) in [6, 6.07) is 13.2. The highest BCUT2D eigenvalue weighted by Crippen LogP contribution is 2.34. The second kappa shape index (κ2) is 6.86. The van der Waals surface area contributed by atoms with Crippen LogP contribution in [0.1, 0.15) is 35.1 Å². The summed E-state index contributed by atoms with van der Waals surface area (Å²) in [6.45, 7) is 5.99. The number of nitrogens with zero attached hydrogens (tertiary/aromatic N) is 4. The molecular weight excluding hydrogens is 348 g/mol. The van der Waals surface area contributed by atoms with Gasteiger partial charge in [-0.05, 0) is 62.0 Å². The fraction of sp³-hybridized carbons (Fsp3) is 0.368. The van der Waals surface area contributed by atoms with Crippen LogP contribution in [0.25, 0.3) is 5.69 Å². The Balaban J connectivity index is 1.65. The van der Waals surface area contributed by atoms with Crippen molar-refractivity contribution in [3.8, 4) is 5.69 Å². The molecule has 6 heteroatoms. The average Bonchev–Trinajstić information content (AvgIpc) is 3.31. The largest absolute Gasteiger partial charge is 0.276 e.